The second kappa shape index (κ2) is 3.23. The molecule has 0 aromatic heterocycles. The van der Waals surface area contributed by atoms with Gasteiger partial charge in [-0.3, -0.25) is 0 Å². The maximum absolute atomic E-state index is 10.1. The van der Waals surface area contributed by atoms with Crippen LogP contribution in [0.2, 0.25) is 0 Å². The average Bonchev–Trinajstić information content (AvgIpc) is 2.82. The lowest BCUT2D eigenvalue weighted by molar-refractivity contribution is -0.0584. The van der Waals surface area contributed by atoms with E-state index in [9.17, 15) is 5.11 Å². The minimum absolute atomic E-state index is 0.00866. The Morgan fingerprint density at radius 3 is 2.62 bits per heavy atom. The van der Waals surface area contributed by atoms with Crippen LogP contribution in [0.5, 0.6) is 0 Å². The van der Waals surface area contributed by atoms with Crippen molar-refractivity contribution in [3.05, 3.63) is 0 Å². The molecule has 76 valence electrons. The molecule has 3 nitrogen and oxygen atoms in total. The van der Waals surface area contributed by atoms with Gasteiger partial charge in [0.25, 0.3) is 0 Å². The molecular weight excluding hydrogens is 166 g/mol. The fourth-order valence-corrected chi connectivity index (χ4v) is 2.24. The Balaban J connectivity index is 1.93. The fourth-order valence-electron chi connectivity index (χ4n) is 2.24. The van der Waals surface area contributed by atoms with Gasteiger partial charge >= 0.3 is 0 Å². The van der Waals surface area contributed by atoms with Gasteiger partial charge in [0.1, 0.15) is 0 Å². The van der Waals surface area contributed by atoms with Crippen LogP contribution < -0.4 is 5.73 Å². The summed E-state index contributed by atoms with van der Waals surface area (Å²) < 4.78 is 5.65. The third-order valence-electron chi connectivity index (χ3n) is 3.54. The van der Waals surface area contributed by atoms with Crippen molar-refractivity contribution in [2.45, 2.75) is 50.9 Å². The Morgan fingerprint density at radius 2 is 2.23 bits per heavy atom. The number of hydrogen-bond acceptors (Lipinski definition) is 3. The molecule has 3 heteroatoms. The van der Waals surface area contributed by atoms with Crippen LogP contribution in [0.1, 0.15) is 32.6 Å². The van der Waals surface area contributed by atoms with E-state index in [1.165, 1.54) is 0 Å². The van der Waals surface area contributed by atoms with Crippen LogP contribution in [0.3, 0.4) is 0 Å². The Bertz CT molecular complexity index is 191. The molecule has 13 heavy (non-hydrogen) atoms. The summed E-state index contributed by atoms with van der Waals surface area (Å²) in [6, 6.07) is 0. The van der Waals surface area contributed by atoms with Gasteiger partial charge in [0.05, 0.1) is 18.3 Å². The Kier molecular flexibility index (Phi) is 2.34. The van der Waals surface area contributed by atoms with Gasteiger partial charge in [0, 0.05) is 12.0 Å². The SMILES string of the molecule is CC1CCC(C(O)C2(CN)CC2)O1. The first-order valence-electron chi connectivity index (χ1n) is 5.21. The predicted octanol–water partition coefficient (Wildman–Crippen LogP) is 0.654. The van der Waals surface area contributed by atoms with E-state index in [2.05, 4.69) is 6.92 Å². The van der Waals surface area contributed by atoms with E-state index in [0.717, 1.165) is 25.7 Å². The van der Waals surface area contributed by atoms with Crippen molar-refractivity contribution in [1.82, 2.24) is 0 Å². The molecule has 1 aliphatic carbocycles. The minimum Gasteiger partial charge on any atom is -0.390 e. The summed E-state index contributed by atoms with van der Waals surface area (Å²) >= 11 is 0. The molecule has 2 fully saturated rings. The van der Waals surface area contributed by atoms with Crippen molar-refractivity contribution >= 4 is 0 Å². The zero-order valence-corrected chi connectivity index (χ0v) is 8.20. The molecule has 2 aliphatic rings. The van der Waals surface area contributed by atoms with Gasteiger partial charge in [-0.05, 0) is 32.6 Å². The van der Waals surface area contributed by atoms with Crippen molar-refractivity contribution in [2.24, 2.45) is 11.1 Å². The topological polar surface area (TPSA) is 55.5 Å². The number of hydrogen-bond donors (Lipinski definition) is 2. The number of aliphatic hydroxyl groups excluding tert-OH is 1. The Morgan fingerprint density at radius 1 is 1.54 bits per heavy atom. The fraction of sp³-hybridized carbons (Fsp3) is 1.00. The highest BCUT2D eigenvalue weighted by atomic mass is 16.5. The number of rotatable bonds is 3. The molecular formula is C10H19NO2. The molecule has 0 radical (unpaired) electrons. The number of ether oxygens (including phenoxy) is 1. The maximum atomic E-state index is 10.1. The van der Waals surface area contributed by atoms with E-state index in [4.69, 9.17) is 10.5 Å². The quantitative estimate of drug-likeness (QED) is 0.679. The molecule has 3 N–H and O–H groups in total. The second-order valence-corrected chi connectivity index (χ2v) is 4.57. The Labute approximate surface area is 79.3 Å². The molecule has 0 spiro atoms. The third-order valence-corrected chi connectivity index (χ3v) is 3.54. The van der Waals surface area contributed by atoms with Crippen molar-refractivity contribution in [2.75, 3.05) is 6.54 Å². The van der Waals surface area contributed by atoms with E-state index >= 15 is 0 Å². The summed E-state index contributed by atoms with van der Waals surface area (Å²) in [5.74, 6) is 0. The highest BCUT2D eigenvalue weighted by molar-refractivity contribution is 5.03. The molecule has 1 saturated heterocycles. The Hall–Kier alpha value is -0.120. The van der Waals surface area contributed by atoms with Crippen LogP contribution in [0, 0.1) is 5.41 Å². The highest BCUT2D eigenvalue weighted by Crippen LogP contribution is 2.50. The van der Waals surface area contributed by atoms with Crippen molar-refractivity contribution in [3.63, 3.8) is 0 Å². The van der Waals surface area contributed by atoms with Gasteiger partial charge in [-0.15, -0.1) is 0 Å². The predicted molar refractivity (Wildman–Crippen MR) is 50.3 cm³/mol. The molecule has 1 saturated carbocycles. The molecule has 0 aromatic carbocycles. The van der Waals surface area contributed by atoms with E-state index in [1.807, 2.05) is 0 Å². The second-order valence-electron chi connectivity index (χ2n) is 4.57. The van der Waals surface area contributed by atoms with Crippen molar-refractivity contribution in [3.8, 4) is 0 Å². The lowest BCUT2D eigenvalue weighted by atomic mass is 9.93. The molecule has 3 unspecified atom stereocenters. The van der Waals surface area contributed by atoms with Crippen LogP contribution in [-0.2, 0) is 4.74 Å². The third kappa shape index (κ3) is 1.60. The van der Waals surface area contributed by atoms with Crippen LogP contribution in [-0.4, -0.2) is 30.0 Å². The summed E-state index contributed by atoms with van der Waals surface area (Å²) in [5, 5.41) is 10.1. The summed E-state index contributed by atoms with van der Waals surface area (Å²) in [4.78, 5) is 0. The highest BCUT2D eigenvalue weighted by Gasteiger charge is 2.51. The smallest absolute Gasteiger partial charge is 0.0870 e. The van der Waals surface area contributed by atoms with E-state index in [0.29, 0.717) is 12.6 Å². The number of nitrogens with two attached hydrogens (primary N) is 1. The minimum atomic E-state index is -0.331. The lowest BCUT2D eigenvalue weighted by Gasteiger charge is -2.25. The zero-order chi connectivity index (χ0) is 9.47. The first kappa shape index (κ1) is 9.44. The van der Waals surface area contributed by atoms with Gasteiger partial charge in [0.2, 0.25) is 0 Å². The molecule has 1 aliphatic heterocycles. The summed E-state index contributed by atoms with van der Waals surface area (Å²) in [7, 11) is 0. The summed E-state index contributed by atoms with van der Waals surface area (Å²) in [5.41, 5.74) is 5.67. The first-order valence-corrected chi connectivity index (χ1v) is 5.21. The monoisotopic (exact) mass is 185 g/mol. The van der Waals surface area contributed by atoms with Gasteiger partial charge in [-0.2, -0.15) is 0 Å². The van der Waals surface area contributed by atoms with E-state index in [-0.39, 0.29) is 17.6 Å². The molecule has 3 atom stereocenters. The molecule has 2 rings (SSSR count). The van der Waals surface area contributed by atoms with Gasteiger partial charge < -0.3 is 15.6 Å². The molecule has 0 amide bonds. The normalized spacial score (nSPS) is 39.0. The molecule has 0 aromatic rings. The van der Waals surface area contributed by atoms with Crippen molar-refractivity contribution < 1.29 is 9.84 Å². The van der Waals surface area contributed by atoms with Gasteiger partial charge in [-0.1, -0.05) is 0 Å². The van der Waals surface area contributed by atoms with Gasteiger partial charge in [-0.25, -0.2) is 0 Å². The van der Waals surface area contributed by atoms with Crippen LogP contribution >= 0.6 is 0 Å². The lowest BCUT2D eigenvalue weighted by Crippen LogP contribution is -2.39. The summed E-state index contributed by atoms with van der Waals surface area (Å²) in [6.45, 7) is 2.66. The average molecular weight is 185 g/mol. The van der Waals surface area contributed by atoms with Crippen LogP contribution in [0.4, 0.5) is 0 Å². The summed E-state index contributed by atoms with van der Waals surface area (Å²) in [6.07, 6.45) is 4.22. The molecule has 1 heterocycles. The van der Waals surface area contributed by atoms with Crippen LogP contribution in [0.25, 0.3) is 0 Å². The van der Waals surface area contributed by atoms with Crippen LogP contribution in [0.15, 0.2) is 0 Å². The molecule has 0 bridgehead atoms. The van der Waals surface area contributed by atoms with Crippen molar-refractivity contribution in [1.29, 1.82) is 0 Å². The van der Waals surface area contributed by atoms with E-state index in [1.54, 1.807) is 0 Å². The first-order chi connectivity index (χ1) is 6.18. The van der Waals surface area contributed by atoms with E-state index < -0.39 is 0 Å². The zero-order valence-electron chi connectivity index (χ0n) is 8.20. The standard InChI is InChI=1S/C10H19NO2/c1-7-2-3-8(13-7)9(12)10(6-11)4-5-10/h7-9,12H,2-6,11H2,1H3. The van der Waals surface area contributed by atoms with Gasteiger partial charge in [0.15, 0.2) is 0 Å². The number of aliphatic hydroxyl groups is 1. The largest absolute Gasteiger partial charge is 0.390 e. The maximum Gasteiger partial charge on any atom is 0.0870 e.